The Balaban J connectivity index is 0.00000480. The number of hydrogen-bond donors (Lipinski definition) is 3. The summed E-state index contributed by atoms with van der Waals surface area (Å²) in [6, 6.07) is 9.68. The number of guanidine groups is 1. The molecule has 0 aromatic heterocycles. The van der Waals surface area contributed by atoms with Gasteiger partial charge in [0.1, 0.15) is 11.6 Å². The molecule has 0 saturated heterocycles. The highest BCUT2D eigenvalue weighted by Crippen LogP contribution is 2.13. The highest BCUT2D eigenvalue weighted by molar-refractivity contribution is 14.0. The van der Waals surface area contributed by atoms with Gasteiger partial charge in [-0.05, 0) is 42.8 Å². The number of benzene rings is 2. The minimum Gasteiger partial charge on any atom is -0.383 e. The summed E-state index contributed by atoms with van der Waals surface area (Å²) in [5.74, 6) is -0.640. The van der Waals surface area contributed by atoms with Crippen molar-refractivity contribution in [1.29, 1.82) is 0 Å². The van der Waals surface area contributed by atoms with Gasteiger partial charge in [-0.15, -0.1) is 24.0 Å². The van der Waals surface area contributed by atoms with Gasteiger partial charge in [0.25, 0.3) is 0 Å². The smallest absolute Gasteiger partial charge is 0.240 e. The first kappa shape index (κ1) is 27.2. The van der Waals surface area contributed by atoms with Gasteiger partial charge in [-0.3, -0.25) is 0 Å². The van der Waals surface area contributed by atoms with Crippen molar-refractivity contribution in [3.05, 3.63) is 65.2 Å². The van der Waals surface area contributed by atoms with E-state index in [1.54, 1.807) is 12.1 Å². The van der Waals surface area contributed by atoms with Crippen LogP contribution in [0.5, 0.6) is 0 Å². The Labute approximate surface area is 198 Å². The average Bonchev–Trinajstić information content (AvgIpc) is 2.72. The van der Waals surface area contributed by atoms with E-state index in [9.17, 15) is 17.2 Å². The number of sulfonamides is 1. The predicted molar refractivity (Wildman–Crippen MR) is 127 cm³/mol. The Kier molecular flexibility index (Phi) is 11.9. The first-order valence-corrected chi connectivity index (χ1v) is 10.9. The molecule has 2 aromatic rings. The molecule has 0 aliphatic rings. The molecule has 0 aliphatic heterocycles. The van der Waals surface area contributed by atoms with E-state index < -0.39 is 21.7 Å². The van der Waals surface area contributed by atoms with Gasteiger partial charge in [0.05, 0.1) is 18.0 Å². The van der Waals surface area contributed by atoms with Crippen LogP contribution in [0.3, 0.4) is 0 Å². The Morgan fingerprint density at radius 2 is 1.90 bits per heavy atom. The zero-order valence-electron chi connectivity index (χ0n) is 17.3. The van der Waals surface area contributed by atoms with E-state index in [0.717, 1.165) is 18.2 Å². The second-order valence-electron chi connectivity index (χ2n) is 6.32. The Hall–Kier alpha value is -1.83. The zero-order chi connectivity index (χ0) is 22.0. The first-order valence-electron chi connectivity index (χ1n) is 9.39. The monoisotopic (exact) mass is 568 g/mol. The van der Waals surface area contributed by atoms with Gasteiger partial charge in [-0.1, -0.05) is 12.1 Å². The van der Waals surface area contributed by atoms with Crippen molar-refractivity contribution in [2.75, 3.05) is 26.8 Å². The number of ether oxygens (including phenoxy) is 1. The van der Waals surface area contributed by atoms with Crippen molar-refractivity contribution in [2.45, 2.75) is 24.9 Å². The normalized spacial score (nSPS) is 11.7. The maximum atomic E-state index is 13.8. The van der Waals surface area contributed by atoms with Gasteiger partial charge in [0.15, 0.2) is 5.96 Å². The van der Waals surface area contributed by atoms with E-state index in [4.69, 9.17) is 4.74 Å². The number of methoxy groups -OCH3 is 1. The molecule has 0 fully saturated rings. The molecule has 2 aromatic carbocycles. The Morgan fingerprint density at radius 3 is 2.61 bits per heavy atom. The molecular weight excluding hydrogens is 541 g/mol. The summed E-state index contributed by atoms with van der Waals surface area (Å²) in [5.41, 5.74) is 0.856. The second-order valence-corrected chi connectivity index (χ2v) is 8.09. The third-order valence-electron chi connectivity index (χ3n) is 4.03. The molecule has 7 nitrogen and oxygen atoms in total. The summed E-state index contributed by atoms with van der Waals surface area (Å²) < 4.78 is 59.1. The molecule has 3 N–H and O–H groups in total. The van der Waals surface area contributed by atoms with E-state index in [1.807, 2.05) is 6.92 Å². The van der Waals surface area contributed by atoms with Crippen LogP contribution < -0.4 is 15.4 Å². The summed E-state index contributed by atoms with van der Waals surface area (Å²) in [6.45, 7) is 3.13. The van der Waals surface area contributed by atoms with Crippen LogP contribution in [0.25, 0.3) is 0 Å². The van der Waals surface area contributed by atoms with Crippen molar-refractivity contribution >= 4 is 40.0 Å². The van der Waals surface area contributed by atoms with E-state index in [2.05, 4.69) is 20.3 Å². The van der Waals surface area contributed by atoms with Gasteiger partial charge in [0, 0.05) is 32.3 Å². The molecule has 0 unspecified atom stereocenters. The zero-order valence-corrected chi connectivity index (χ0v) is 20.5. The van der Waals surface area contributed by atoms with Crippen LogP contribution in [0.2, 0.25) is 0 Å². The van der Waals surface area contributed by atoms with Gasteiger partial charge >= 0.3 is 0 Å². The maximum absolute atomic E-state index is 13.8. The molecule has 2 rings (SSSR count). The number of aliphatic imine (C=N–C) groups is 1. The number of rotatable bonds is 10. The van der Waals surface area contributed by atoms with Gasteiger partial charge in [-0.2, -0.15) is 0 Å². The summed E-state index contributed by atoms with van der Waals surface area (Å²) in [5, 5.41) is 5.96. The molecule has 0 bridgehead atoms. The Morgan fingerprint density at radius 1 is 1.13 bits per heavy atom. The van der Waals surface area contributed by atoms with Crippen molar-refractivity contribution in [1.82, 2.24) is 15.4 Å². The molecular formula is C20H27F2IN4O3S. The summed E-state index contributed by atoms with van der Waals surface area (Å²) >= 11 is 0. The first-order chi connectivity index (χ1) is 14.4. The van der Waals surface area contributed by atoms with Crippen LogP contribution in [-0.4, -0.2) is 41.2 Å². The fourth-order valence-electron chi connectivity index (χ4n) is 2.54. The average molecular weight is 568 g/mol. The number of hydrogen-bond acceptors (Lipinski definition) is 4. The number of nitrogens with one attached hydrogen (secondary N) is 3. The standard InChI is InChI=1S/C20H26F2N4O3S.HI/c1-3-23-20(25-14-16-12-17(21)7-8-19(16)22)24-13-15-5-4-6-18(11-15)30(27,28)26-9-10-29-2;/h4-8,11-12,26H,3,9-10,13-14H2,1-2H3,(H2,23,24,25);1H. The largest absolute Gasteiger partial charge is 0.383 e. The molecule has 0 atom stereocenters. The molecule has 0 heterocycles. The maximum Gasteiger partial charge on any atom is 0.240 e. The molecule has 31 heavy (non-hydrogen) atoms. The van der Waals surface area contributed by atoms with Crippen molar-refractivity contribution in [3.63, 3.8) is 0 Å². The lowest BCUT2D eigenvalue weighted by Gasteiger charge is -2.12. The summed E-state index contributed by atoms with van der Waals surface area (Å²) in [7, 11) is -2.15. The lowest BCUT2D eigenvalue weighted by molar-refractivity contribution is 0.204. The van der Waals surface area contributed by atoms with Gasteiger partial charge in [-0.25, -0.2) is 26.9 Å². The Bertz CT molecular complexity index is 975. The third-order valence-corrected chi connectivity index (χ3v) is 5.48. The van der Waals surface area contributed by atoms with E-state index in [-0.39, 0.29) is 60.7 Å². The second kappa shape index (κ2) is 13.6. The predicted octanol–water partition coefficient (Wildman–Crippen LogP) is 2.76. The molecule has 11 heteroatoms. The van der Waals surface area contributed by atoms with Crippen molar-refractivity contribution in [2.24, 2.45) is 4.99 Å². The molecule has 0 radical (unpaired) electrons. The quantitative estimate of drug-likeness (QED) is 0.178. The fourth-order valence-corrected chi connectivity index (χ4v) is 3.63. The highest BCUT2D eigenvalue weighted by atomic mass is 127. The van der Waals surface area contributed by atoms with Gasteiger partial charge in [0.2, 0.25) is 10.0 Å². The van der Waals surface area contributed by atoms with Crippen LogP contribution in [0.15, 0.2) is 52.4 Å². The lowest BCUT2D eigenvalue weighted by atomic mass is 10.2. The molecule has 0 aliphatic carbocycles. The molecule has 0 amide bonds. The van der Waals surface area contributed by atoms with Crippen LogP contribution >= 0.6 is 24.0 Å². The summed E-state index contributed by atoms with van der Waals surface area (Å²) in [4.78, 5) is 4.52. The number of nitrogens with zero attached hydrogens (tertiary/aromatic N) is 1. The lowest BCUT2D eigenvalue weighted by Crippen LogP contribution is -2.37. The minimum atomic E-state index is -3.65. The van der Waals surface area contributed by atoms with Crippen LogP contribution in [0.1, 0.15) is 18.1 Å². The van der Waals surface area contributed by atoms with Gasteiger partial charge < -0.3 is 15.4 Å². The topological polar surface area (TPSA) is 91.8 Å². The van der Waals surface area contributed by atoms with Crippen molar-refractivity contribution in [3.8, 4) is 0 Å². The third kappa shape index (κ3) is 9.05. The SMILES string of the molecule is CCNC(=NCc1cccc(S(=O)(=O)NCCOC)c1)NCc1cc(F)ccc1F.I. The van der Waals surface area contributed by atoms with Crippen LogP contribution in [-0.2, 0) is 27.8 Å². The fraction of sp³-hybridized carbons (Fsp3) is 0.350. The van der Waals surface area contributed by atoms with Crippen LogP contribution in [0, 0.1) is 11.6 Å². The highest BCUT2D eigenvalue weighted by Gasteiger charge is 2.13. The minimum absolute atomic E-state index is 0. The molecule has 172 valence electrons. The van der Waals surface area contributed by atoms with E-state index in [1.165, 1.54) is 19.2 Å². The van der Waals surface area contributed by atoms with E-state index >= 15 is 0 Å². The van der Waals surface area contributed by atoms with Crippen LogP contribution in [0.4, 0.5) is 8.78 Å². The van der Waals surface area contributed by atoms with E-state index in [0.29, 0.717) is 18.1 Å². The molecule has 0 saturated carbocycles. The number of halogens is 3. The van der Waals surface area contributed by atoms with Crippen molar-refractivity contribution < 1.29 is 21.9 Å². The summed E-state index contributed by atoms with van der Waals surface area (Å²) in [6.07, 6.45) is 0. The molecule has 0 spiro atoms.